The van der Waals surface area contributed by atoms with Crippen molar-refractivity contribution < 1.29 is 14.7 Å². The van der Waals surface area contributed by atoms with Crippen LogP contribution < -0.4 is 0 Å². The molecule has 0 heterocycles. The van der Waals surface area contributed by atoms with E-state index in [1.807, 2.05) is 0 Å². The maximum atomic E-state index is 10.5. The molecule has 1 aromatic rings. The summed E-state index contributed by atoms with van der Waals surface area (Å²) >= 11 is 5.61. The second-order valence-corrected chi connectivity index (χ2v) is 2.91. The molecule has 68 valence electrons. The van der Waals surface area contributed by atoms with Gasteiger partial charge in [-0.05, 0) is 17.7 Å². The molecule has 4 heteroatoms. The quantitative estimate of drug-likeness (QED) is 0.747. The van der Waals surface area contributed by atoms with Crippen LogP contribution in [0.25, 0.3) is 0 Å². The lowest BCUT2D eigenvalue weighted by molar-refractivity contribution is -0.115. The Morgan fingerprint density at radius 1 is 1.38 bits per heavy atom. The van der Waals surface area contributed by atoms with Crippen molar-refractivity contribution in [2.45, 2.75) is 6.10 Å². The summed E-state index contributed by atoms with van der Waals surface area (Å²) in [6, 6.07) is 4.36. The molecule has 0 fully saturated rings. The second kappa shape index (κ2) is 4.16. The number of aldehydes is 2. The zero-order valence-corrected chi connectivity index (χ0v) is 7.36. The Bertz CT molecular complexity index is 336. The average Bonchev–Trinajstić information content (AvgIpc) is 2.16. The fourth-order valence-electron chi connectivity index (χ4n) is 0.990. The highest BCUT2D eigenvalue weighted by Crippen LogP contribution is 2.19. The van der Waals surface area contributed by atoms with Crippen molar-refractivity contribution in [1.29, 1.82) is 0 Å². The number of hydrogen-bond donors (Lipinski definition) is 1. The van der Waals surface area contributed by atoms with Gasteiger partial charge in [0.2, 0.25) is 0 Å². The topological polar surface area (TPSA) is 54.4 Å². The van der Waals surface area contributed by atoms with Gasteiger partial charge in [-0.15, -0.1) is 0 Å². The van der Waals surface area contributed by atoms with Gasteiger partial charge in [-0.2, -0.15) is 0 Å². The van der Waals surface area contributed by atoms with Gasteiger partial charge >= 0.3 is 0 Å². The average molecular weight is 199 g/mol. The van der Waals surface area contributed by atoms with Crippen molar-refractivity contribution in [2.75, 3.05) is 0 Å². The van der Waals surface area contributed by atoms with Crippen molar-refractivity contribution in [3.8, 4) is 0 Å². The summed E-state index contributed by atoms with van der Waals surface area (Å²) in [6.07, 6.45) is -0.359. The monoisotopic (exact) mass is 198 g/mol. The van der Waals surface area contributed by atoms with Gasteiger partial charge in [-0.1, -0.05) is 17.7 Å². The first-order valence-electron chi connectivity index (χ1n) is 3.57. The molecule has 1 N–H and O–H groups in total. The zero-order chi connectivity index (χ0) is 9.84. The number of hydrogen-bond acceptors (Lipinski definition) is 3. The number of benzene rings is 1. The second-order valence-electron chi connectivity index (χ2n) is 2.47. The standard InChI is InChI=1S/C9H7ClO3/c10-7-1-2-8(9(13)5-12)6(3-7)4-11/h1-5,9,13H. The minimum atomic E-state index is -1.27. The lowest BCUT2D eigenvalue weighted by Crippen LogP contribution is -2.02. The minimum Gasteiger partial charge on any atom is -0.381 e. The molecule has 1 unspecified atom stereocenters. The van der Waals surface area contributed by atoms with E-state index in [-0.39, 0.29) is 11.1 Å². The van der Waals surface area contributed by atoms with Gasteiger partial charge in [0.25, 0.3) is 0 Å². The van der Waals surface area contributed by atoms with E-state index in [0.29, 0.717) is 17.6 Å². The number of aliphatic hydroxyl groups is 1. The molecule has 0 aliphatic carbocycles. The Labute approximate surface area is 79.9 Å². The molecule has 0 aliphatic rings. The molecular weight excluding hydrogens is 192 g/mol. The summed E-state index contributed by atoms with van der Waals surface area (Å²) in [4.78, 5) is 20.8. The van der Waals surface area contributed by atoms with E-state index in [2.05, 4.69) is 0 Å². The largest absolute Gasteiger partial charge is 0.381 e. The number of carbonyl (C=O) groups is 2. The summed E-state index contributed by atoms with van der Waals surface area (Å²) in [5.41, 5.74) is 0.501. The molecule has 1 rings (SSSR count). The smallest absolute Gasteiger partial charge is 0.153 e. The third-order valence-electron chi connectivity index (χ3n) is 1.62. The molecule has 0 saturated carbocycles. The van der Waals surface area contributed by atoms with Gasteiger partial charge in [-0.3, -0.25) is 4.79 Å². The molecule has 0 aromatic heterocycles. The minimum absolute atomic E-state index is 0.229. The van der Waals surface area contributed by atoms with E-state index in [0.717, 1.165) is 0 Å². The molecule has 0 aliphatic heterocycles. The zero-order valence-electron chi connectivity index (χ0n) is 6.61. The van der Waals surface area contributed by atoms with Crippen LogP contribution in [0.2, 0.25) is 5.02 Å². The first-order valence-corrected chi connectivity index (χ1v) is 3.95. The first-order chi connectivity index (χ1) is 6.19. The van der Waals surface area contributed by atoms with Gasteiger partial charge in [0.15, 0.2) is 6.29 Å². The van der Waals surface area contributed by atoms with E-state index in [4.69, 9.17) is 16.7 Å². The van der Waals surface area contributed by atoms with Gasteiger partial charge < -0.3 is 9.90 Å². The van der Waals surface area contributed by atoms with Crippen molar-refractivity contribution in [2.24, 2.45) is 0 Å². The normalized spacial score (nSPS) is 12.2. The van der Waals surface area contributed by atoms with Crippen LogP contribution in [-0.2, 0) is 4.79 Å². The van der Waals surface area contributed by atoms with Crippen LogP contribution >= 0.6 is 11.6 Å². The summed E-state index contributed by atoms with van der Waals surface area (Å²) in [5.74, 6) is 0. The van der Waals surface area contributed by atoms with E-state index in [1.54, 1.807) is 0 Å². The first kappa shape index (κ1) is 9.89. The van der Waals surface area contributed by atoms with Gasteiger partial charge in [0.05, 0.1) is 0 Å². The Balaban J connectivity index is 3.20. The molecule has 0 spiro atoms. The SMILES string of the molecule is O=Cc1cc(Cl)ccc1C(O)C=O. The lowest BCUT2D eigenvalue weighted by atomic mass is 10.0. The molecule has 1 aromatic carbocycles. The van der Waals surface area contributed by atoms with E-state index in [9.17, 15) is 9.59 Å². The number of aliphatic hydroxyl groups excluding tert-OH is 1. The van der Waals surface area contributed by atoms with Crippen LogP contribution in [0.5, 0.6) is 0 Å². The van der Waals surface area contributed by atoms with Crippen molar-refractivity contribution in [1.82, 2.24) is 0 Å². The van der Waals surface area contributed by atoms with Crippen LogP contribution in [0.1, 0.15) is 22.0 Å². The molecule has 0 saturated heterocycles. The fourth-order valence-corrected chi connectivity index (χ4v) is 1.17. The van der Waals surface area contributed by atoms with E-state index >= 15 is 0 Å². The van der Waals surface area contributed by atoms with Crippen LogP contribution in [0.3, 0.4) is 0 Å². The molecular formula is C9H7ClO3. The molecule has 3 nitrogen and oxygen atoms in total. The fraction of sp³-hybridized carbons (Fsp3) is 0.111. The highest BCUT2D eigenvalue weighted by Gasteiger charge is 2.10. The molecule has 0 bridgehead atoms. The Morgan fingerprint density at radius 2 is 2.08 bits per heavy atom. The van der Waals surface area contributed by atoms with Crippen molar-refractivity contribution in [3.63, 3.8) is 0 Å². The third kappa shape index (κ3) is 2.14. The number of carbonyl (C=O) groups excluding carboxylic acids is 2. The van der Waals surface area contributed by atoms with Crippen molar-refractivity contribution >= 4 is 24.2 Å². The van der Waals surface area contributed by atoms with Gasteiger partial charge in [-0.25, -0.2) is 0 Å². The van der Waals surface area contributed by atoms with E-state index in [1.165, 1.54) is 18.2 Å². The third-order valence-corrected chi connectivity index (χ3v) is 1.86. The molecule has 13 heavy (non-hydrogen) atoms. The Hall–Kier alpha value is -1.19. The van der Waals surface area contributed by atoms with Gasteiger partial charge in [0, 0.05) is 10.6 Å². The molecule has 0 amide bonds. The predicted molar refractivity (Wildman–Crippen MR) is 47.9 cm³/mol. The molecule has 0 radical (unpaired) electrons. The van der Waals surface area contributed by atoms with Crippen LogP contribution in [0.4, 0.5) is 0 Å². The summed E-state index contributed by atoms with van der Waals surface area (Å²) < 4.78 is 0. The van der Waals surface area contributed by atoms with Crippen LogP contribution in [-0.4, -0.2) is 17.7 Å². The Morgan fingerprint density at radius 3 is 2.62 bits per heavy atom. The van der Waals surface area contributed by atoms with Crippen molar-refractivity contribution in [3.05, 3.63) is 34.3 Å². The lowest BCUT2D eigenvalue weighted by Gasteiger charge is -2.06. The predicted octanol–water partition coefficient (Wildman–Crippen LogP) is 1.38. The number of halogens is 1. The Kier molecular flexibility index (Phi) is 3.17. The number of rotatable bonds is 3. The highest BCUT2D eigenvalue weighted by molar-refractivity contribution is 6.30. The summed E-state index contributed by atoms with van der Waals surface area (Å²) in [6.45, 7) is 0. The molecule has 1 atom stereocenters. The summed E-state index contributed by atoms with van der Waals surface area (Å²) in [5, 5.41) is 9.55. The highest BCUT2D eigenvalue weighted by atomic mass is 35.5. The van der Waals surface area contributed by atoms with Crippen LogP contribution in [0.15, 0.2) is 18.2 Å². The van der Waals surface area contributed by atoms with E-state index < -0.39 is 6.10 Å². The maximum Gasteiger partial charge on any atom is 0.153 e. The summed E-state index contributed by atoms with van der Waals surface area (Å²) in [7, 11) is 0. The van der Waals surface area contributed by atoms with Crippen LogP contribution in [0, 0.1) is 0 Å². The van der Waals surface area contributed by atoms with Gasteiger partial charge in [0.1, 0.15) is 12.4 Å². The maximum absolute atomic E-state index is 10.5.